The number of unbranched alkanes of at least 4 members (excludes halogenated alkanes) is 2. The van der Waals surface area contributed by atoms with Gasteiger partial charge in [0.05, 0.1) is 0 Å². The summed E-state index contributed by atoms with van der Waals surface area (Å²) in [5, 5.41) is 0. The Kier molecular flexibility index (Phi) is 65.8. The van der Waals surface area contributed by atoms with Crippen molar-refractivity contribution < 1.29 is 16.4 Å². The van der Waals surface area contributed by atoms with Crippen LogP contribution in [0.5, 0.6) is 0 Å². The van der Waals surface area contributed by atoms with Crippen molar-refractivity contribution in [3.05, 3.63) is 0 Å². The molecule has 0 aliphatic rings. The van der Waals surface area contributed by atoms with Gasteiger partial charge in [-0.2, -0.15) is 0 Å². The van der Waals surface area contributed by atoms with Crippen molar-refractivity contribution in [2.75, 3.05) is 0 Å². The van der Waals surface area contributed by atoms with Crippen LogP contribution < -0.4 is 0 Å². The van der Waals surface area contributed by atoms with E-state index >= 15 is 0 Å². The molecule has 0 radical (unpaired) electrons. The molecule has 3 nitrogen and oxygen atoms in total. The fraction of sp³-hybridized carbons (Fsp3) is 1.00. The summed E-state index contributed by atoms with van der Waals surface area (Å²) >= 11 is 0.149. The van der Waals surface area contributed by atoms with Crippen molar-refractivity contribution in [3.63, 3.8) is 0 Å². The van der Waals surface area contributed by atoms with Gasteiger partial charge in [-0.05, 0) is 0 Å². The van der Waals surface area contributed by atoms with Gasteiger partial charge in [-0.15, -0.1) is 0 Å². The fourth-order valence-corrected chi connectivity index (χ4v) is 4.89. The van der Waals surface area contributed by atoms with Crippen LogP contribution in [0, 0.1) is 0 Å². The molecule has 76 valence electrons. The Morgan fingerprint density at radius 2 is 1.08 bits per heavy atom. The summed E-state index contributed by atoms with van der Waals surface area (Å²) in [6.45, 7) is 4.58. The van der Waals surface area contributed by atoms with Crippen molar-refractivity contribution in [2.24, 2.45) is 0 Å². The van der Waals surface area contributed by atoms with Gasteiger partial charge in [0.25, 0.3) is 0 Å². The third-order valence-electron chi connectivity index (χ3n) is 1.41. The molecule has 0 amide bonds. The van der Waals surface area contributed by atoms with Gasteiger partial charge in [0.1, 0.15) is 0 Å². The van der Waals surface area contributed by atoms with Crippen LogP contribution in [-0.4, -0.2) is 45.0 Å². The van der Waals surface area contributed by atoms with Gasteiger partial charge in [-0.3, -0.25) is 0 Å². The van der Waals surface area contributed by atoms with E-state index in [1.807, 2.05) is 0 Å². The number of rotatable bonds is 6. The van der Waals surface area contributed by atoms with E-state index in [2.05, 4.69) is 13.8 Å². The molecule has 0 atom stereocenters. The molecule has 0 heterocycles. The predicted molar refractivity (Wildman–Crippen MR) is 53.0 cm³/mol. The molecule has 0 unspecified atom stereocenters. The summed E-state index contributed by atoms with van der Waals surface area (Å²) in [5.41, 5.74) is 0. The summed E-state index contributed by atoms with van der Waals surface area (Å²) in [7, 11) is 0. The van der Waals surface area contributed by atoms with E-state index < -0.39 is 0 Å². The maximum Gasteiger partial charge on any atom is 4.00 e. The van der Waals surface area contributed by atoms with Crippen LogP contribution in [0.15, 0.2) is 0 Å². The van der Waals surface area contributed by atoms with Crippen LogP contribution in [0.25, 0.3) is 0 Å². The first-order valence-electron chi connectivity index (χ1n) is 4.12. The molecule has 0 saturated heterocycles. The zero-order chi connectivity index (χ0) is 6.95. The van der Waals surface area contributed by atoms with Gasteiger partial charge in [0.15, 0.2) is 0 Å². The van der Waals surface area contributed by atoms with Crippen molar-refractivity contribution in [1.29, 1.82) is 0 Å². The van der Waals surface area contributed by atoms with Crippen LogP contribution in [0.3, 0.4) is 0 Å². The first-order chi connectivity index (χ1) is 4.41. The van der Waals surface area contributed by atoms with Gasteiger partial charge >= 0.3 is 93.5 Å². The van der Waals surface area contributed by atoms with Crippen molar-refractivity contribution in [3.8, 4) is 0 Å². The van der Waals surface area contributed by atoms with Crippen molar-refractivity contribution in [2.45, 2.75) is 48.4 Å². The minimum absolute atomic E-state index is 0. The molecule has 0 aromatic rings. The quantitative estimate of drug-likeness (QED) is 0.485. The van der Waals surface area contributed by atoms with E-state index in [9.17, 15) is 0 Å². The van der Waals surface area contributed by atoms with Crippen molar-refractivity contribution in [1.82, 2.24) is 0 Å². The van der Waals surface area contributed by atoms with E-state index in [-0.39, 0.29) is 61.5 Å². The predicted octanol–water partition coefficient (Wildman–Crippen LogP) is 2.39. The molecule has 0 spiro atoms. The Morgan fingerprint density at radius 3 is 1.31 bits per heavy atom. The molecule has 0 aliphatic carbocycles. The number of hydrogen-bond acceptors (Lipinski definition) is 0. The average molecular weight is 400 g/mol. The second-order valence-corrected chi connectivity index (χ2v) is 6.74. The molecule has 0 aromatic heterocycles. The van der Waals surface area contributed by atoms with Gasteiger partial charge < -0.3 is 16.4 Å². The molecular weight excluding hydrogens is 382 g/mol. The Morgan fingerprint density at radius 1 is 0.769 bits per heavy atom. The second kappa shape index (κ2) is 29.2. The number of hydrogen-bond donors (Lipinski definition) is 0. The molecule has 0 fully saturated rings. The first kappa shape index (κ1) is 29.3. The van der Waals surface area contributed by atoms with Crippen LogP contribution in [0.1, 0.15) is 39.5 Å². The molecule has 0 N–H and O–H groups in total. The standard InChI is InChI=1S/2C4H9.3O.2Sn/c2*1-3-4-2;;;;;/h2*1,3-4H2,2H3;;;;;/q;;3*-2;+2;+4. The second-order valence-electron chi connectivity index (χ2n) is 2.46. The Hall–Kier alpha value is 1.48. The third-order valence-corrected chi connectivity index (χ3v) is 5.45. The molecule has 0 rings (SSSR count). The smallest absolute Gasteiger partial charge is 2.00 e. The normalized spacial score (nSPS) is 6.31. The zero-order valence-electron chi connectivity index (χ0n) is 8.47. The summed E-state index contributed by atoms with van der Waals surface area (Å²) in [6, 6.07) is 0. The van der Waals surface area contributed by atoms with E-state index in [0.717, 1.165) is 0 Å². The summed E-state index contributed by atoms with van der Waals surface area (Å²) < 4.78 is 3.25. The minimum atomic E-state index is 0. The average Bonchev–Trinajstić information content (AvgIpc) is 1.89. The molecule has 5 heteroatoms. The van der Waals surface area contributed by atoms with Gasteiger partial charge in [-0.1, -0.05) is 0 Å². The van der Waals surface area contributed by atoms with Crippen LogP contribution in [0.4, 0.5) is 0 Å². The minimum Gasteiger partial charge on any atom is -2.00 e. The van der Waals surface area contributed by atoms with Crippen molar-refractivity contribution >= 4 is 45.0 Å². The largest absolute Gasteiger partial charge is 4.00 e. The molecule has 13 heavy (non-hydrogen) atoms. The maximum absolute atomic E-state index is 2.29. The van der Waals surface area contributed by atoms with E-state index in [1.165, 1.54) is 25.7 Å². The Bertz CT molecular complexity index is 50.7. The van der Waals surface area contributed by atoms with Crippen LogP contribution in [-0.2, 0) is 16.4 Å². The molecular formula is C8H18O3Sn2. The third kappa shape index (κ3) is 31.8. The van der Waals surface area contributed by atoms with Gasteiger partial charge in [-0.25, -0.2) is 0 Å². The summed E-state index contributed by atoms with van der Waals surface area (Å²) in [5.74, 6) is 0. The van der Waals surface area contributed by atoms with E-state index in [0.29, 0.717) is 0 Å². The van der Waals surface area contributed by atoms with Gasteiger partial charge in [0.2, 0.25) is 0 Å². The van der Waals surface area contributed by atoms with Crippen LogP contribution >= 0.6 is 0 Å². The first-order valence-corrected chi connectivity index (χ1v) is 8.16. The summed E-state index contributed by atoms with van der Waals surface area (Å²) in [4.78, 5) is 0. The topological polar surface area (TPSA) is 85.5 Å². The SMILES string of the molecule is CCC[CH2][Sn+2][CH2]CCC.[O-2].[O-2].[O-2].[Sn+4]. The molecule has 0 aliphatic heterocycles. The maximum atomic E-state index is 2.29. The molecule has 0 bridgehead atoms. The monoisotopic (exact) mass is 402 g/mol. The molecule has 0 saturated carbocycles. The summed E-state index contributed by atoms with van der Waals surface area (Å²) in [6.07, 6.45) is 5.84. The van der Waals surface area contributed by atoms with Crippen LogP contribution in [0.2, 0.25) is 8.87 Å². The molecule has 0 aromatic carbocycles. The van der Waals surface area contributed by atoms with Gasteiger partial charge in [0, 0.05) is 0 Å². The Balaban J connectivity index is -0.0000000533. The fourth-order valence-electron chi connectivity index (χ4n) is 0.729. The van der Waals surface area contributed by atoms with E-state index in [4.69, 9.17) is 0 Å². The zero-order valence-corrected chi connectivity index (χ0v) is 14.2. The van der Waals surface area contributed by atoms with E-state index in [1.54, 1.807) is 8.87 Å². The Labute approximate surface area is 109 Å².